The van der Waals surface area contributed by atoms with E-state index in [-0.39, 0.29) is 0 Å². The van der Waals surface area contributed by atoms with Crippen LogP contribution in [0, 0.1) is 0 Å². The predicted molar refractivity (Wildman–Crippen MR) is 112 cm³/mol. The van der Waals surface area contributed by atoms with Crippen molar-refractivity contribution >= 4 is 40.5 Å². The summed E-state index contributed by atoms with van der Waals surface area (Å²) >= 11 is 10.9. The Kier molecular flexibility index (Phi) is 7.67. The molecular weight excluding hydrogens is 330 g/mol. The average Bonchev–Trinajstić information content (AvgIpc) is 2.60. The molecule has 0 bridgehead atoms. The van der Waals surface area contributed by atoms with Crippen molar-refractivity contribution in [2.75, 3.05) is 4.90 Å². The van der Waals surface area contributed by atoms with Gasteiger partial charge in [-0.25, -0.2) is 0 Å². The van der Waals surface area contributed by atoms with Crippen LogP contribution in [0.3, 0.4) is 0 Å². The highest BCUT2D eigenvalue weighted by molar-refractivity contribution is 8.00. The van der Waals surface area contributed by atoms with Crippen LogP contribution in [0.25, 0.3) is 0 Å². The number of benzene rings is 2. The maximum atomic E-state index is 5.47. The lowest BCUT2D eigenvalue weighted by atomic mass is 10.0. The standard InChI is InChI=1S/C21H27NS2/c1-3-5-11-17-13-7-9-15-19(17)22(21(23)24)20-16-10-8-14-18(20)12-6-4-2/h7-10,13-16H,3-6,11-12H2,1-2H3,(H,23,24)/p-1. The van der Waals surface area contributed by atoms with Crippen LogP contribution in [0.4, 0.5) is 11.4 Å². The van der Waals surface area contributed by atoms with E-state index in [1.54, 1.807) is 0 Å². The van der Waals surface area contributed by atoms with E-state index in [1.807, 2.05) is 0 Å². The van der Waals surface area contributed by atoms with Crippen LogP contribution in [0.2, 0.25) is 0 Å². The Hall–Kier alpha value is -1.45. The van der Waals surface area contributed by atoms with Gasteiger partial charge in [-0.2, -0.15) is 0 Å². The van der Waals surface area contributed by atoms with E-state index in [2.05, 4.69) is 67.3 Å². The second-order valence-electron chi connectivity index (χ2n) is 6.07. The van der Waals surface area contributed by atoms with Crippen LogP contribution >= 0.6 is 12.2 Å². The smallest absolute Gasteiger partial charge is 0.0476 e. The Balaban J connectivity index is 2.46. The number of unbranched alkanes of at least 4 members (excludes halogenated alkanes) is 2. The van der Waals surface area contributed by atoms with E-state index >= 15 is 0 Å². The zero-order valence-electron chi connectivity index (χ0n) is 14.6. The van der Waals surface area contributed by atoms with Crippen molar-refractivity contribution in [2.45, 2.75) is 52.4 Å². The minimum Gasteiger partial charge on any atom is -0.411 e. The molecule has 0 heterocycles. The molecule has 2 aromatic rings. The molecule has 0 aromatic heterocycles. The van der Waals surface area contributed by atoms with Crippen molar-refractivity contribution in [3.8, 4) is 0 Å². The van der Waals surface area contributed by atoms with Crippen LogP contribution in [0.5, 0.6) is 0 Å². The second-order valence-corrected chi connectivity index (χ2v) is 7.10. The lowest BCUT2D eigenvalue weighted by molar-refractivity contribution is 0.791. The summed E-state index contributed by atoms with van der Waals surface area (Å²) in [5, 5.41) is 0. The fraction of sp³-hybridized carbons (Fsp3) is 0.381. The van der Waals surface area contributed by atoms with Crippen molar-refractivity contribution in [3.63, 3.8) is 0 Å². The van der Waals surface area contributed by atoms with Crippen LogP contribution in [-0.2, 0) is 25.5 Å². The molecule has 0 amide bonds. The number of nitrogens with zero attached hydrogens (tertiary/aromatic N) is 1. The Morgan fingerprint density at radius 1 is 0.833 bits per heavy atom. The quantitative estimate of drug-likeness (QED) is 0.401. The molecule has 0 atom stereocenters. The zero-order chi connectivity index (χ0) is 17.4. The largest absolute Gasteiger partial charge is 0.411 e. The molecule has 0 aliphatic carbocycles. The molecule has 0 saturated carbocycles. The van der Waals surface area contributed by atoms with Gasteiger partial charge in [0.2, 0.25) is 0 Å². The number of aryl methyl sites for hydroxylation is 2. The first-order valence-corrected chi connectivity index (χ1v) is 9.67. The monoisotopic (exact) mass is 356 g/mol. The minimum atomic E-state index is 0.489. The molecule has 24 heavy (non-hydrogen) atoms. The Bertz CT molecular complexity index is 615. The summed E-state index contributed by atoms with van der Waals surface area (Å²) in [7, 11) is 0. The molecular formula is C21H26NS2-. The van der Waals surface area contributed by atoms with E-state index in [1.165, 1.54) is 36.8 Å². The fourth-order valence-electron chi connectivity index (χ4n) is 2.94. The van der Waals surface area contributed by atoms with E-state index in [0.29, 0.717) is 4.32 Å². The van der Waals surface area contributed by atoms with E-state index in [4.69, 9.17) is 24.8 Å². The third-order valence-corrected chi connectivity index (χ3v) is 4.61. The number of rotatable bonds is 8. The molecule has 0 aliphatic rings. The first-order chi connectivity index (χ1) is 11.7. The van der Waals surface area contributed by atoms with Crippen LogP contribution < -0.4 is 4.90 Å². The summed E-state index contributed by atoms with van der Waals surface area (Å²) in [6.07, 6.45) is 6.81. The molecule has 3 heteroatoms. The lowest BCUT2D eigenvalue weighted by Gasteiger charge is -2.32. The number of hydrogen-bond acceptors (Lipinski definition) is 2. The van der Waals surface area contributed by atoms with E-state index in [9.17, 15) is 0 Å². The first-order valence-electron chi connectivity index (χ1n) is 8.86. The summed E-state index contributed by atoms with van der Waals surface area (Å²) in [6.45, 7) is 4.44. The summed E-state index contributed by atoms with van der Waals surface area (Å²) < 4.78 is 0.489. The third-order valence-electron chi connectivity index (χ3n) is 4.25. The van der Waals surface area contributed by atoms with E-state index < -0.39 is 0 Å². The Labute approximate surface area is 157 Å². The Morgan fingerprint density at radius 3 is 1.62 bits per heavy atom. The van der Waals surface area contributed by atoms with Crippen molar-refractivity contribution < 1.29 is 0 Å². The second kappa shape index (κ2) is 9.75. The van der Waals surface area contributed by atoms with Gasteiger partial charge in [-0.3, -0.25) is 0 Å². The molecule has 0 unspecified atom stereocenters. The van der Waals surface area contributed by atoms with Gasteiger partial charge in [0.05, 0.1) is 0 Å². The zero-order valence-corrected chi connectivity index (χ0v) is 16.3. The SMILES string of the molecule is CCCCc1ccccc1N(C(=S)[S-])c1ccccc1CCCC. The number of para-hydroxylation sites is 2. The predicted octanol–water partition coefficient (Wildman–Crippen LogP) is 6.34. The van der Waals surface area contributed by atoms with Crippen molar-refractivity contribution in [1.82, 2.24) is 0 Å². The van der Waals surface area contributed by atoms with Crippen molar-refractivity contribution in [3.05, 3.63) is 59.7 Å². The highest BCUT2D eigenvalue weighted by Gasteiger charge is 2.15. The summed E-state index contributed by atoms with van der Waals surface area (Å²) in [5.41, 5.74) is 4.90. The minimum absolute atomic E-state index is 0.489. The van der Waals surface area contributed by atoms with Gasteiger partial charge in [-0.15, -0.1) is 0 Å². The average molecular weight is 357 g/mol. The van der Waals surface area contributed by atoms with Gasteiger partial charge in [-0.1, -0.05) is 67.4 Å². The number of anilines is 2. The molecule has 0 radical (unpaired) electrons. The van der Waals surface area contributed by atoms with Gasteiger partial charge in [-0.05, 0) is 48.9 Å². The fourth-order valence-corrected chi connectivity index (χ4v) is 3.34. The highest BCUT2D eigenvalue weighted by atomic mass is 32.1. The Morgan fingerprint density at radius 2 is 1.25 bits per heavy atom. The van der Waals surface area contributed by atoms with Crippen molar-refractivity contribution in [2.24, 2.45) is 0 Å². The first kappa shape index (κ1) is 18.9. The van der Waals surface area contributed by atoms with Gasteiger partial charge in [0.15, 0.2) is 0 Å². The molecule has 0 spiro atoms. The van der Waals surface area contributed by atoms with Gasteiger partial charge in [0, 0.05) is 11.4 Å². The highest BCUT2D eigenvalue weighted by Crippen LogP contribution is 2.33. The van der Waals surface area contributed by atoms with Gasteiger partial charge in [0.25, 0.3) is 0 Å². The van der Waals surface area contributed by atoms with E-state index in [0.717, 1.165) is 24.2 Å². The summed E-state index contributed by atoms with van der Waals surface area (Å²) in [4.78, 5) is 2.08. The van der Waals surface area contributed by atoms with Gasteiger partial charge in [0.1, 0.15) is 0 Å². The summed E-state index contributed by atoms with van der Waals surface area (Å²) in [6, 6.07) is 17.0. The lowest BCUT2D eigenvalue weighted by Crippen LogP contribution is -2.24. The number of thiocarbonyl (C=S) groups is 1. The van der Waals surface area contributed by atoms with Gasteiger partial charge < -0.3 is 29.7 Å². The van der Waals surface area contributed by atoms with Crippen LogP contribution in [0.15, 0.2) is 48.5 Å². The molecule has 128 valence electrons. The molecule has 2 rings (SSSR count). The van der Waals surface area contributed by atoms with Crippen LogP contribution in [0.1, 0.15) is 50.7 Å². The molecule has 0 aliphatic heterocycles. The maximum absolute atomic E-state index is 5.47. The topological polar surface area (TPSA) is 3.24 Å². The molecule has 1 nitrogen and oxygen atoms in total. The number of hydrogen-bond donors (Lipinski definition) is 0. The summed E-state index contributed by atoms with van der Waals surface area (Å²) in [5.74, 6) is 0. The van der Waals surface area contributed by atoms with Crippen LogP contribution in [-0.4, -0.2) is 4.32 Å². The maximum Gasteiger partial charge on any atom is 0.0476 e. The molecule has 2 aromatic carbocycles. The van der Waals surface area contributed by atoms with Crippen molar-refractivity contribution in [1.29, 1.82) is 0 Å². The van der Waals surface area contributed by atoms with Gasteiger partial charge >= 0.3 is 0 Å². The normalized spacial score (nSPS) is 10.6. The third kappa shape index (κ3) is 4.78. The molecule has 0 saturated heterocycles. The molecule has 0 fully saturated rings. The molecule has 0 N–H and O–H groups in total.